The molecule has 0 aromatic heterocycles. The van der Waals surface area contributed by atoms with Gasteiger partial charge in [-0.25, -0.2) is 0 Å². The van der Waals surface area contributed by atoms with Gasteiger partial charge in [0.25, 0.3) is 0 Å². The molecule has 0 radical (unpaired) electrons. The van der Waals surface area contributed by atoms with Crippen LogP contribution in [0.15, 0.2) is 12.3 Å². The second-order valence-corrected chi connectivity index (χ2v) is 3.49. The van der Waals surface area contributed by atoms with E-state index in [2.05, 4.69) is 25.3 Å². The lowest BCUT2D eigenvalue weighted by Crippen LogP contribution is -2.19. The Hall–Kier alpha value is -0.460. The van der Waals surface area contributed by atoms with Crippen LogP contribution in [0.4, 0.5) is 0 Å². The Balaban J connectivity index is 2.38. The molecule has 11 heavy (non-hydrogen) atoms. The summed E-state index contributed by atoms with van der Waals surface area (Å²) in [5, 5.41) is 0. The minimum Gasteiger partial charge on any atom is -0.375 e. The second-order valence-electron chi connectivity index (χ2n) is 3.49. The summed E-state index contributed by atoms with van der Waals surface area (Å²) < 4.78 is 0. The van der Waals surface area contributed by atoms with Crippen LogP contribution in [0.3, 0.4) is 0 Å². The molecular formula is C10H19N. The highest BCUT2D eigenvalue weighted by Gasteiger charge is 2.22. The molecule has 0 saturated carbocycles. The van der Waals surface area contributed by atoms with Gasteiger partial charge < -0.3 is 4.90 Å². The Labute approximate surface area is 70.1 Å². The van der Waals surface area contributed by atoms with Crippen LogP contribution in [0, 0.1) is 5.92 Å². The average Bonchev–Trinajstić information content (AvgIpc) is 2.33. The van der Waals surface area contributed by atoms with E-state index in [0.717, 1.165) is 5.92 Å². The van der Waals surface area contributed by atoms with Crippen molar-refractivity contribution < 1.29 is 0 Å². The van der Waals surface area contributed by atoms with E-state index in [0.29, 0.717) is 0 Å². The van der Waals surface area contributed by atoms with Crippen molar-refractivity contribution in [2.75, 3.05) is 13.1 Å². The number of nitrogens with zero attached hydrogens (tertiary/aromatic N) is 1. The fraction of sp³-hybridized carbons (Fsp3) is 0.800. The highest BCUT2D eigenvalue weighted by Crippen LogP contribution is 2.26. The molecule has 1 heteroatoms. The summed E-state index contributed by atoms with van der Waals surface area (Å²) in [5.41, 5.74) is 1.36. The number of hydrogen-bond donors (Lipinski definition) is 0. The molecule has 1 atom stereocenters. The lowest BCUT2D eigenvalue weighted by atomic mass is 10.1. The van der Waals surface area contributed by atoms with Crippen LogP contribution in [-0.4, -0.2) is 18.0 Å². The predicted octanol–water partition coefficient (Wildman–Crippen LogP) is 2.64. The van der Waals surface area contributed by atoms with Crippen molar-refractivity contribution in [1.29, 1.82) is 0 Å². The maximum Gasteiger partial charge on any atom is 0.0206 e. The maximum atomic E-state index is 4.08. The molecule has 0 aliphatic carbocycles. The molecule has 1 fully saturated rings. The van der Waals surface area contributed by atoms with E-state index >= 15 is 0 Å². The number of likely N-dealkylation sites (tertiary alicyclic amines) is 1. The monoisotopic (exact) mass is 153 g/mol. The molecule has 0 N–H and O–H groups in total. The van der Waals surface area contributed by atoms with Crippen LogP contribution in [0.2, 0.25) is 0 Å². The zero-order valence-electron chi connectivity index (χ0n) is 7.77. The third-order valence-corrected chi connectivity index (χ3v) is 2.52. The molecule has 1 rings (SSSR count). The van der Waals surface area contributed by atoms with Crippen molar-refractivity contribution in [1.82, 2.24) is 4.90 Å². The normalized spacial score (nSPS) is 24.7. The molecule has 64 valence electrons. The Morgan fingerprint density at radius 1 is 1.55 bits per heavy atom. The molecule has 1 heterocycles. The summed E-state index contributed by atoms with van der Waals surface area (Å²) in [4.78, 5) is 2.44. The van der Waals surface area contributed by atoms with Gasteiger partial charge in [-0.3, -0.25) is 0 Å². The van der Waals surface area contributed by atoms with Crippen LogP contribution in [0.1, 0.15) is 33.1 Å². The van der Waals surface area contributed by atoms with Crippen molar-refractivity contribution in [3.63, 3.8) is 0 Å². The van der Waals surface area contributed by atoms with Gasteiger partial charge in [0, 0.05) is 18.8 Å². The van der Waals surface area contributed by atoms with E-state index < -0.39 is 0 Å². The lowest BCUT2D eigenvalue weighted by molar-refractivity contribution is 0.362. The van der Waals surface area contributed by atoms with Gasteiger partial charge in [0.15, 0.2) is 0 Å². The molecule has 0 spiro atoms. The minimum absolute atomic E-state index is 0.883. The van der Waals surface area contributed by atoms with Gasteiger partial charge in [-0.1, -0.05) is 26.8 Å². The van der Waals surface area contributed by atoms with Crippen molar-refractivity contribution >= 4 is 0 Å². The van der Waals surface area contributed by atoms with Gasteiger partial charge in [-0.15, -0.1) is 0 Å². The molecular weight excluding hydrogens is 134 g/mol. The molecule has 1 aliphatic rings. The van der Waals surface area contributed by atoms with Gasteiger partial charge in [0.05, 0.1) is 0 Å². The smallest absolute Gasteiger partial charge is 0.0206 e. The van der Waals surface area contributed by atoms with Crippen molar-refractivity contribution in [3.8, 4) is 0 Å². The zero-order valence-corrected chi connectivity index (χ0v) is 7.77. The van der Waals surface area contributed by atoms with Crippen LogP contribution in [-0.2, 0) is 0 Å². The average molecular weight is 153 g/mol. The number of allylic oxidation sites excluding steroid dienone is 1. The molecule has 0 aromatic rings. The van der Waals surface area contributed by atoms with Gasteiger partial charge in [-0.05, 0) is 18.8 Å². The lowest BCUT2D eigenvalue weighted by Gasteiger charge is -2.17. The Morgan fingerprint density at radius 2 is 2.27 bits per heavy atom. The summed E-state index contributed by atoms with van der Waals surface area (Å²) in [6.45, 7) is 11.0. The molecule has 0 amide bonds. The van der Waals surface area contributed by atoms with E-state index in [1.165, 1.54) is 38.0 Å². The summed E-state index contributed by atoms with van der Waals surface area (Å²) >= 11 is 0. The summed E-state index contributed by atoms with van der Waals surface area (Å²) in [6.07, 6.45) is 3.78. The van der Waals surface area contributed by atoms with Crippen LogP contribution in [0.5, 0.6) is 0 Å². The van der Waals surface area contributed by atoms with Crippen LogP contribution < -0.4 is 0 Å². The predicted molar refractivity (Wildman–Crippen MR) is 49.4 cm³/mol. The van der Waals surface area contributed by atoms with Crippen molar-refractivity contribution in [2.24, 2.45) is 5.92 Å². The standard InChI is InChI=1S/C10H19N/c1-4-6-11-8-10(5-2)7-9(11)3/h10H,3-8H2,1-2H3. The van der Waals surface area contributed by atoms with Crippen LogP contribution >= 0.6 is 0 Å². The number of hydrogen-bond acceptors (Lipinski definition) is 1. The quantitative estimate of drug-likeness (QED) is 0.602. The van der Waals surface area contributed by atoms with Crippen LogP contribution in [0.25, 0.3) is 0 Å². The summed E-state index contributed by atoms with van der Waals surface area (Å²) in [5.74, 6) is 0.883. The van der Waals surface area contributed by atoms with Crippen molar-refractivity contribution in [3.05, 3.63) is 12.3 Å². The Kier molecular flexibility index (Phi) is 2.98. The topological polar surface area (TPSA) is 3.24 Å². The fourth-order valence-electron chi connectivity index (χ4n) is 1.76. The summed E-state index contributed by atoms with van der Waals surface area (Å²) in [6, 6.07) is 0. The molecule has 1 aliphatic heterocycles. The van der Waals surface area contributed by atoms with E-state index in [-0.39, 0.29) is 0 Å². The van der Waals surface area contributed by atoms with E-state index in [1.807, 2.05) is 0 Å². The largest absolute Gasteiger partial charge is 0.375 e. The summed E-state index contributed by atoms with van der Waals surface area (Å²) in [7, 11) is 0. The third kappa shape index (κ3) is 1.98. The van der Waals surface area contributed by atoms with Crippen molar-refractivity contribution in [2.45, 2.75) is 33.1 Å². The maximum absolute atomic E-state index is 4.08. The minimum atomic E-state index is 0.883. The first kappa shape index (κ1) is 8.63. The van der Waals surface area contributed by atoms with Gasteiger partial charge in [0.2, 0.25) is 0 Å². The zero-order chi connectivity index (χ0) is 8.27. The van der Waals surface area contributed by atoms with E-state index in [4.69, 9.17) is 0 Å². The first-order chi connectivity index (χ1) is 5.27. The number of rotatable bonds is 3. The van der Waals surface area contributed by atoms with Gasteiger partial charge >= 0.3 is 0 Å². The highest BCUT2D eigenvalue weighted by molar-refractivity contribution is 5.02. The van der Waals surface area contributed by atoms with Gasteiger partial charge in [0.1, 0.15) is 0 Å². The molecule has 0 aromatic carbocycles. The Bertz CT molecular complexity index is 140. The van der Waals surface area contributed by atoms with Gasteiger partial charge in [-0.2, -0.15) is 0 Å². The Morgan fingerprint density at radius 3 is 2.73 bits per heavy atom. The first-order valence-electron chi connectivity index (χ1n) is 4.70. The second kappa shape index (κ2) is 3.80. The van der Waals surface area contributed by atoms with E-state index in [9.17, 15) is 0 Å². The molecule has 1 nitrogen and oxygen atoms in total. The molecule has 1 saturated heterocycles. The first-order valence-corrected chi connectivity index (χ1v) is 4.70. The third-order valence-electron chi connectivity index (χ3n) is 2.52. The molecule has 1 unspecified atom stereocenters. The SMILES string of the molecule is C=C1CC(CC)CN1CCC. The highest BCUT2D eigenvalue weighted by atomic mass is 15.2. The molecule has 0 bridgehead atoms. The fourth-order valence-corrected chi connectivity index (χ4v) is 1.76. The van der Waals surface area contributed by atoms with E-state index in [1.54, 1.807) is 0 Å².